The van der Waals surface area contributed by atoms with Crippen molar-refractivity contribution >= 4 is 23.9 Å². The van der Waals surface area contributed by atoms with Gasteiger partial charge in [0, 0.05) is 51.4 Å². The van der Waals surface area contributed by atoms with Crippen LogP contribution in [0.4, 0.5) is 0 Å². The molecule has 1 aliphatic rings. The van der Waals surface area contributed by atoms with Crippen molar-refractivity contribution < 1.29 is 60.0 Å². The van der Waals surface area contributed by atoms with E-state index in [1.165, 1.54) is 0 Å². The number of benzene rings is 4. The van der Waals surface area contributed by atoms with E-state index in [0.717, 1.165) is 0 Å². The van der Waals surface area contributed by atoms with Gasteiger partial charge >= 0.3 is 23.9 Å². The van der Waals surface area contributed by atoms with Crippen molar-refractivity contribution in [1.29, 1.82) is 0 Å². The molecule has 0 saturated heterocycles. The molecule has 4 aromatic carbocycles. The quantitative estimate of drug-likeness (QED) is 0.0829. The molecule has 12 nitrogen and oxygen atoms in total. The van der Waals surface area contributed by atoms with E-state index >= 15 is 0 Å². The topological polar surface area (TPSA) is 230 Å². The van der Waals surface area contributed by atoms with E-state index < -0.39 is 23.9 Å². The third-order valence-corrected chi connectivity index (χ3v) is 9.34. The lowest BCUT2D eigenvalue weighted by molar-refractivity contribution is -0.138. The van der Waals surface area contributed by atoms with Gasteiger partial charge in [-0.25, -0.2) is 0 Å². The van der Waals surface area contributed by atoms with Crippen LogP contribution in [0.1, 0.15) is 92.4 Å². The highest BCUT2D eigenvalue weighted by molar-refractivity contribution is 5.69. The number of carboxylic acid groups (broad SMARTS) is 4. The number of carboxylic acids is 4. The first-order valence-corrected chi connectivity index (χ1v) is 16.9. The van der Waals surface area contributed by atoms with Crippen LogP contribution in [0.3, 0.4) is 0 Å². The summed E-state index contributed by atoms with van der Waals surface area (Å²) in [5.74, 6) is -4.68. The lowest BCUT2D eigenvalue weighted by Gasteiger charge is -2.20. The molecule has 8 bridgehead atoms. The maximum absolute atomic E-state index is 11.6. The Morgan fingerprint density at radius 1 is 0.346 bits per heavy atom. The molecular formula is C40H40O12. The fraction of sp³-hybridized carbons (Fsp3) is 0.300. The molecule has 0 atom stereocenters. The summed E-state index contributed by atoms with van der Waals surface area (Å²) in [6, 6.07) is 13.2. The van der Waals surface area contributed by atoms with Gasteiger partial charge in [-0.15, -0.1) is 0 Å². The van der Waals surface area contributed by atoms with E-state index in [2.05, 4.69) is 0 Å². The number of carbonyl (C=O) groups is 4. The number of aliphatic carboxylic acids is 4. The number of fused-ring (bicyclic) bond motifs is 8. The maximum atomic E-state index is 11.6. The monoisotopic (exact) mass is 712 g/mol. The molecule has 0 aromatic heterocycles. The number of phenolic OH excluding ortho intramolecular Hbond substituents is 4. The highest BCUT2D eigenvalue weighted by Gasteiger charge is 2.22. The van der Waals surface area contributed by atoms with Gasteiger partial charge in [0.15, 0.2) is 0 Å². The van der Waals surface area contributed by atoms with Crippen LogP contribution in [0, 0.1) is 0 Å². The van der Waals surface area contributed by atoms with E-state index in [-0.39, 0.29) is 100 Å². The normalized spacial score (nSPS) is 12.3. The van der Waals surface area contributed by atoms with Crippen molar-refractivity contribution in [3.05, 3.63) is 115 Å². The molecule has 8 N–H and O–H groups in total. The van der Waals surface area contributed by atoms with Crippen molar-refractivity contribution in [2.24, 2.45) is 0 Å². The summed E-state index contributed by atoms with van der Waals surface area (Å²) in [5, 5.41) is 84.2. The Balaban J connectivity index is 1.77. The van der Waals surface area contributed by atoms with E-state index in [0.29, 0.717) is 66.8 Å². The summed E-state index contributed by atoms with van der Waals surface area (Å²) in [5.41, 5.74) is 5.16. The zero-order valence-corrected chi connectivity index (χ0v) is 28.3. The van der Waals surface area contributed by atoms with Crippen LogP contribution in [0.15, 0.2) is 48.5 Å². The van der Waals surface area contributed by atoms with E-state index in [9.17, 15) is 60.0 Å². The summed E-state index contributed by atoms with van der Waals surface area (Å²) in [6.45, 7) is 0. The van der Waals surface area contributed by atoms with E-state index in [1.807, 2.05) is 0 Å². The number of aryl methyl sites for hydroxylation is 4. The second-order valence-electron chi connectivity index (χ2n) is 13.3. The van der Waals surface area contributed by atoms with Crippen LogP contribution in [0.2, 0.25) is 0 Å². The van der Waals surface area contributed by atoms with Gasteiger partial charge in [-0.3, -0.25) is 19.2 Å². The predicted octanol–water partition coefficient (Wildman–Crippen LogP) is 5.25. The number of rotatable bonds is 12. The van der Waals surface area contributed by atoms with Crippen LogP contribution in [-0.2, 0) is 70.5 Å². The minimum absolute atomic E-state index is 0.0365. The van der Waals surface area contributed by atoms with Gasteiger partial charge in [-0.05, 0) is 92.4 Å². The lowest BCUT2D eigenvalue weighted by Crippen LogP contribution is -2.06. The lowest BCUT2D eigenvalue weighted by atomic mass is 9.87. The predicted molar refractivity (Wildman–Crippen MR) is 187 cm³/mol. The van der Waals surface area contributed by atoms with Crippen molar-refractivity contribution in [3.8, 4) is 23.0 Å². The second kappa shape index (κ2) is 15.9. The number of hydrogen-bond donors (Lipinski definition) is 8. The first-order chi connectivity index (χ1) is 24.7. The summed E-state index contributed by atoms with van der Waals surface area (Å²) in [7, 11) is 0. The third-order valence-electron chi connectivity index (χ3n) is 9.34. The van der Waals surface area contributed by atoms with Crippen molar-refractivity contribution in [2.45, 2.75) is 77.0 Å². The molecule has 0 aliphatic heterocycles. The van der Waals surface area contributed by atoms with Crippen LogP contribution >= 0.6 is 0 Å². The fourth-order valence-electron chi connectivity index (χ4n) is 6.81. The molecule has 4 aromatic rings. The number of aromatic hydroxyl groups is 4. The van der Waals surface area contributed by atoms with Gasteiger partial charge in [-0.2, -0.15) is 0 Å². The Morgan fingerprint density at radius 3 is 0.635 bits per heavy atom. The average molecular weight is 713 g/mol. The van der Waals surface area contributed by atoms with Crippen LogP contribution < -0.4 is 0 Å². The van der Waals surface area contributed by atoms with Gasteiger partial charge in [0.1, 0.15) is 23.0 Å². The zero-order valence-electron chi connectivity index (χ0n) is 28.3. The minimum atomic E-state index is -1.02. The average Bonchev–Trinajstić information content (AvgIpc) is 3.07. The van der Waals surface area contributed by atoms with Gasteiger partial charge in [0.25, 0.3) is 0 Å². The van der Waals surface area contributed by atoms with Crippen LogP contribution in [0.5, 0.6) is 23.0 Å². The Kier molecular flexibility index (Phi) is 11.4. The SMILES string of the molecule is O=C(O)CCc1cc2c(O)c(c1)Cc1cc(CCC(=O)O)cc(c1O)Cc1cc(CCC(=O)O)cc(c1O)Cc1cc(CCC(=O)O)cc(c1O)C2. The molecule has 272 valence electrons. The maximum Gasteiger partial charge on any atom is 0.303 e. The molecule has 12 heteroatoms. The Hall–Kier alpha value is -6.04. The molecule has 0 heterocycles. The largest absolute Gasteiger partial charge is 0.507 e. The van der Waals surface area contributed by atoms with Crippen molar-refractivity contribution in [3.63, 3.8) is 0 Å². The summed E-state index contributed by atoms with van der Waals surface area (Å²) in [4.78, 5) is 45.9. The molecule has 0 spiro atoms. The molecule has 0 saturated carbocycles. The first-order valence-electron chi connectivity index (χ1n) is 16.9. The minimum Gasteiger partial charge on any atom is -0.507 e. The molecule has 5 rings (SSSR count). The van der Waals surface area contributed by atoms with E-state index in [4.69, 9.17) is 0 Å². The fourth-order valence-corrected chi connectivity index (χ4v) is 6.81. The van der Waals surface area contributed by atoms with E-state index in [1.54, 1.807) is 48.5 Å². The molecule has 0 fully saturated rings. The first kappa shape index (κ1) is 37.2. The summed E-state index contributed by atoms with van der Waals surface area (Å²) >= 11 is 0. The van der Waals surface area contributed by atoms with Crippen molar-refractivity contribution in [1.82, 2.24) is 0 Å². The molecule has 52 heavy (non-hydrogen) atoms. The zero-order chi connectivity index (χ0) is 37.7. The van der Waals surface area contributed by atoms with Gasteiger partial charge in [0.05, 0.1) is 0 Å². The molecule has 0 radical (unpaired) electrons. The van der Waals surface area contributed by atoms with Gasteiger partial charge in [-0.1, -0.05) is 48.5 Å². The van der Waals surface area contributed by atoms with Gasteiger partial charge in [0.2, 0.25) is 0 Å². The highest BCUT2D eigenvalue weighted by atomic mass is 16.4. The Bertz CT molecular complexity index is 1680. The van der Waals surface area contributed by atoms with Crippen LogP contribution in [-0.4, -0.2) is 64.7 Å². The van der Waals surface area contributed by atoms with Gasteiger partial charge < -0.3 is 40.9 Å². The van der Waals surface area contributed by atoms with Crippen LogP contribution in [0.25, 0.3) is 0 Å². The Labute approximate surface area is 298 Å². The summed E-state index contributed by atoms with van der Waals surface area (Å²) < 4.78 is 0. The standard InChI is InChI=1S/C40H40O12/c41-33(42)5-1-21-9-25-17-27-11-22(2-6-34(43)44)13-29(38(27)50)19-31-15-24(4-8-36(47)48)16-32(40(31)52)20-30-14-23(3-7-35(45)46)12-28(39(30)51)18-26(10-21)37(25)49/h9-16,49-52H,1-8,17-20H2,(H,41,42)(H,43,44)(H,45,46)(H,47,48). The molecule has 0 unspecified atom stereocenters. The third kappa shape index (κ3) is 9.19. The Morgan fingerprint density at radius 2 is 0.500 bits per heavy atom. The van der Waals surface area contributed by atoms with Crippen molar-refractivity contribution in [2.75, 3.05) is 0 Å². The molecule has 0 amide bonds. The smallest absolute Gasteiger partial charge is 0.303 e. The number of hydrogen-bond acceptors (Lipinski definition) is 8. The molecular weight excluding hydrogens is 672 g/mol. The highest BCUT2D eigenvalue weighted by Crippen LogP contribution is 2.39. The molecule has 1 aliphatic carbocycles. The summed E-state index contributed by atoms with van der Waals surface area (Å²) in [6.07, 6.45) is -0.428. The number of phenols is 4. The second-order valence-corrected chi connectivity index (χ2v) is 13.3.